The Labute approximate surface area is 106 Å². The van der Waals surface area contributed by atoms with Crippen LogP contribution in [0.15, 0.2) is 30.3 Å². The van der Waals surface area contributed by atoms with Crippen LogP contribution >= 0.6 is 0 Å². The molecule has 18 heavy (non-hydrogen) atoms. The van der Waals surface area contributed by atoms with Gasteiger partial charge in [-0.25, -0.2) is 4.79 Å². The molecule has 1 rings (SSSR count). The Morgan fingerprint density at radius 2 is 1.83 bits per heavy atom. The lowest BCUT2D eigenvalue weighted by Crippen LogP contribution is -2.38. The zero-order valence-corrected chi connectivity index (χ0v) is 10.7. The number of benzene rings is 1. The normalized spacial score (nSPS) is 14.0. The zero-order chi connectivity index (χ0) is 13.7. The molecule has 0 aliphatic rings. The third kappa shape index (κ3) is 3.06. The molecule has 0 aromatic heterocycles. The van der Waals surface area contributed by atoms with E-state index in [2.05, 4.69) is 4.74 Å². The van der Waals surface area contributed by atoms with Crippen LogP contribution in [0, 0.1) is 16.0 Å². The van der Waals surface area contributed by atoms with Gasteiger partial charge < -0.3 is 4.74 Å². The number of nitrogens with zero attached hydrogens (tertiary/aromatic N) is 1. The van der Waals surface area contributed by atoms with E-state index in [0.29, 0.717) is 0 Å². The van der Waals surface area contributed by atoms with Gasteiger partial charge in [0, 0.05) is 4.92 Å². The molecule has 0 aliphatic carbocycles. The number of esters is 1. The van der Waals surface area contributed by atoms with Crippen molar-refractivity contribution in [1.29, 1.82) is 0 Å². The van der Waals surface area contributed by atoms with Crippen LogP contribution < -0.4 is 0 Å². The van der Waals surface area contributed by atoms with E-state index in [1.807, 2.05) is 19.9 Å². The fourth-order valence-electron chi connectivity index (χ4n) is 2.09. The number of rotatable bonds is 5. The van der Waals surface area contributed by atoms with Crippen LogP contribution in [0.3, 0.4) is 0 Å². The summed E-state index contributed by atoms with van der Waals surface area (Å²) in [5.74, 6) is -1.34. The van der Waals surface area contributed by atoms with Gasteiger partial charge in [0.2, 0.25) is 0 Å². The minimum Gasteiger partial charge on any atom is -0.464 e. The van der Waals surface area contributed by atoms with Crippen LogP contribution in [0.4, 0.5) is 0 Å². The van der Waals surface area contributed by atoms with Crippen LogP contribution in [-0.4, -0.2) is 24.0 Å². The highest BCUT2D eigenvalue weighted by molar-refractivity contribution is 5.75. The average molecular weight is 251 g/mol. The van der Waals surface area contributed by atoms with Crippen molar-refractivity contribution in [2.75, 3.05) is 7.11 Å². The summed E-state index contributed by atoms with van der Waals surface area (Å²) < 4.78 is 4.55. The molecule has 0 saturated heterocycles. The Morgan fingerprint density at radius 1 is 1.28 bits per heavy atom. The molecule has 0 amide bonds. The highest BCUT2D eigenvalue weighted by Crippen LogP contribution is 2.30. The van der Waals surface area contributed by atoms with Gasteiger partial charge in [-0.15, -0.1) is 0 Å². The quantitative estimate of drug-likeness (QED) is 0.457. The molecule has 0 N–H and O–H groups in total. The van der Waals surface area contributed by atoms with E-state index in [9.17, 15) is 14.9 Å². The van der Waals surface area contributed by atoms with E-state index < -0.39 is 22.9 Å². The summed E-state index contributed by atoms with van der Waals surface area (Å²) in [6, 6.07) is 7.67. The standard InChI is InChI=1S/C13H17NO4/c1-9(2)11(10-7-5-4-6-8-10)12(14(16)17)13(15)18-3/h4-9,11-12H,1-3H3/t11-,12-/m1/s1. The van der Waals surface area contributed by atoms with Crippen molar-refractivity contribution in [3.05, 3.63) is 46.0 Å². The van der Waals surface area contributed by atoms with Crippen LogP contribution in [0.1, 0.15) is 25.3 Å². The summed E-state index contributed by atoms with van der Waals surface area (Å²) in [7, 11) is 1.17. The van der Waals surface area contributed by atoms with Crippen LogP contribution in [0.2, 0.25) is 0 Å². The first-order valence-corrected chi connectivity index (χ1v) is 5.75. The molecule has 1 aromatic carbocycles. The van der Waals surface area contributed by atoms with Crippen molar-refractivity contribution in [1.82, 2.24) is 0 Å². The summed E-state index contributed by atoms with van der Waals surface area (Å²) in [6.07, 6.45) is 0. The minimum atomic E-state index is -1.36. The van der Waals surface area contributed by atoms with Gasteiger partial charge in [-0.2, -0.15) is 0 Å². The predicted molar refractivity (Wildman–Crippen MR) is 66.8 cm³/mol. The van der Waals surface area contributed by atoms with Crippen molar-refractivity contribution in [3.63, 3.8) is 0 Å². The largest absolute Gasteiger partial charge is 0.464 e. The van der Waals surface area contributed by atoms with Gasteiger partial charge in [0.05, 0.1) is 13.0 Å². The van der Waals surface area contributed by atoms with Crippen LogP contribution in [-0.2, 0) is 9.53 Å². The van der Waals surface area contributed by atoms with Crippen molar-refractivity contribution in [3.8, 4) is 0 Å². The Bertz CT molecular complexity index is 416. The summed E-state index contributed by atoms with van der Waals surface area (Å²) in [4.78, 5) is 22.2. The van der Waals surface area contributed by atoms with Gasteiger partial charge in [0.25, 0.3) is 0 Å². The summed E-state index contributed by atoms with van der Waals surface area (Å²) in [6.45, 7) is 3.72. The lowest BCUT2D eigenvalue weighted by molar-refractivity contribution is -0.515. The summed E-state index contributed by atoms with van der Waals surface area (Å²) >= 11 is 0. The molecule has 5 nitrogen and oxygen atoms in total. The maximum absolute atomic E-state index is 11.6. The van der Waals surface area contributed by atoms with Gasteiger partial charge in [0.1, 0.15) is 0 Å². The molecule has 0 fully saturated rings. The van der Waals surface area contributed by atoms with E-state index in [1.54, 1.807) is 24.3 Å². The number of hydrogen-bond acceptors (Lipinski definition) is 4. The Morgan fingerprint density at radius 3 is 2.22 bits per heavy atom. The lowest BCUT2D eigenvalue weighted by Gasteiger charge is -2.22. The third-order valence-corrected chi connectivity index (χ3v) is 2.91. The SMILES string of the molecule is COC(=O)[C@@H]([C@@H](c1ccccc1)C(C)C)[N+](=O)[O-]. The average Bonchev–Trinajstić information content (AvgIpc) is 2.35. The Balaban J connectivity index is 3.18. The fourth-order valence-corrected chi connectivity index (χ4v) is 2.09. The fraction of sp³-hybridized carbons (Fsp3) is 0.462. The molecule has 0 radical (unpaired) electrons. The predicted octanol–water partition coefficient (Wildman–Crippen LogP) is 2.24. The highest BCUT2D eigenvalue weighted by Gasteiger charge is 2.42. The highest BCUT2D eigenvalue weighted by atomic mass is 16.6. The first kappa shape index (κ1) is 14.2. The molecule has 0 unspecified atom stereocenters. The van der Waals surface area contributed by atoms with Gasteiger partial charge in [-0.05, 0) is 11.5 Å². The molecule has 0 spiro atoms. The zero-order valence-electron chi connectivity index (χ0n) is 10.7. The smallest absolute Gasteiger partial charge is 0.382 e. The van der Waals surface area contributed by atoms with Crippen molar-refractivity contribution in [2.45, 2.75) is 25.8 Å². The molecule has 0 heterocycles. The molecule has 2 atom stereocenters. The second-order valence-electron chi connectivity index (χ2n) is 4.43. The van der Waals surface area contributed by atoms with Crippen LogP contribution in [0.5, 0.6) is 0 Å². The molecule has 1 aromatic rings. The summed E-state index contributed by atoms with van der Waals surface area (Å²) in [5, 5.41) is 11.1. The maximum atomic E-state index is 11.6. The van der Waals surface area contributed by atoms with Gasteiger partial charge in [0.15, 0.2) is 0 Å². The lowest BCUT2D eigenvalue weighted by atomic mass is 9.82. The number of hydrogen-bond donors (Lipinski definition) is 0. The van der Waals surface area contributed by atoms with E-state index in [1.165, 1.54) is 7.11 Å². The number of nitro groups is 1. The maximum Gasteiger partial charge on any atom is 0.382 e. The van der Waals surface area contributed by atoms with E-state index in [-0.39, 0.29) is 5.92 Å². The number of methoxy groups -OCH3 is 1. The van der Waals surface area contributed by atoms with E-state index in [0.717, 1.165) is 5.56 Å². The van der Waals surface area contributed by atoms with Crippen molar-refractivity contribution < 1.29 is 14.5 Å². The van der Waals surface area contributed by atoms with Crippen molar-refractivity contribution in [2.24, 2.45) is 5.92 Å². The number of carbonyl (C=O) groups is 1. The van der Waals surface area contributed by atoms with Gasteiger partial charge in [-0.1, -0.05) is 44.2 Å². The Kier molecular flexibility index (Phi) is 4.83. The first-order chi connectivity index (χ1) is 8.49. The van der Waals surface area contributed by atoms with E-state index >= 15 is 0 Å². The molecule has 0 bridgehead atoms. The molecule has 98 valence electrons. The van der Waals surface area contributed by atoms with Crippen molar-refractivity contribution >= 4 is 5.97 Å². The minimum absolute atomic E-state index is 0.0399. The number of carbonyl (C=O) groups excluding carboxylic acids is 1. The Hall–Kier alpha value is -1.91. The molecule has 0 aliphatic heterocycles. The van der Waals surface area contributed by atoms with E-state index in [4.69, 9.17) is 0 Å². The molecule has 0 saturated carbocycles. The van der Waals surface area contributed by atoms with Gasteiger partial charge in [-0.3, -0.25) is 10.1 Å². The third-order valence-electron chi connectivity index (χ3n) is 2.91. The number of ether oxygens (including phenoxy) is 1. The summed E-state index contributed by atoms with van der Waals surface area (Å²) in [5.41, 5.74) is 0.777. The van der Waals surface area contributed by atoms with Crippen LogP contribution in [0.25, 0.3) is 0 Å². The molecule has 5 heteroatoms. The topological polar surface area (TPSA) is 69.4 Å². The monoisotopic (exact) mass is 251 g/mol. The second-order valence-corrected chi connectivity index (χ2v) is 4.43. The second kappa shape index (κ2) is 6.14. The molecular formula is C13H17NO4. The molecular weight excluding hydrogens is 234 g/mol. The van der Waals surface area contributed by atoms with Gasteiger partial charge >= 0.3 is 12.0 Å². The first-order valence-electron chi connectivity index (χ1n) is 5.75.